The number of amides is 2. The number of likely N-dealkylation sites (N-methyl/N-ethyl adjacent to an activating group) is 2. The molecule has 2 amide bonds. The Hall–Kier alpha value is -2.38. The van der Waals surface area contributed by atoms with Crippen LogP contribution >= 0.6 is 34.3 Å². The first-order valence-corrected chi connectivity index (χ1v) is 10.6. The number of thiazole rings is 2. The summed E-state index contributed by atoms with van der Waals surface area (Å²) < 4.78 is 0.657. The SMILES string of the molecule is CN(C)CC(=O)Nc1nc2c(Cl)c3nc(NC(=O)CN(C)C)sc3c(C(=O)O)c2s1. The fourth-order valence-corrected chi connectivity index (χ4v) is 5.20. The number of rotatable bonds is 7. The average molecular weight is 471 g/mol. The Kier molecular flexibility index (Phi) is 6.53. The molecule has 3 aromatic rings. The molecule has 3 rings (SSSR count). The molecule has 13 heteroatoms. The van der Waals surface area contributed by atoms with E-state index >= 15 is 0 Å². The van der Waals surface area contributed by atoms with Crippen molar-refractivity contribution in [2.75, 3.05) is 51.9 Å². The highest BCUT2D eigenvalue weighted by molar-refractivity contribution is 7.25. The summed E-state index contributed by atoms with van der Waals surface area (Å²) in [5.41, 5.74) is 0.465. The van der Waals surface area contributed by atoms with Crippen LogP contribution in [0.15, 0.2) is 0 Å². The molecular formula is C17H19ClN6O4S2. The standard InChI is InChI=1S/C17H19ClN6O4S2/c1-23(2)5-7(25)19-16-21-11-10(18)12-14(9(15(27)28)13(11)29-16)30-17(22-12)20-8(26)6-24(3)4/h5-6H2,1-4H3,(H,27,28)(H,19,21,25)(H,20,22,26). The number of carboxylic acids is 1. The Morgan fingerprint density at radius 3 is 1.63 bits per heavy atom. The highest BCUT2D eigenvalue weighted by atomic mass is 35.5. The monoisotopic (exact) mass is 470 g/mol. The number of aromatic carboxylic acids is 1. The second-order valence-corrected chi connectivity index (χ2v) is 9.34. The Balaban J connectivity index is 2.07. The lowest BCUT2D eigenvalue weighted by Crippen LogP contribution is -2.26. The molecular weight excluding hydrogens is 452 g/mol. The number of carbonyl (C=O) groups is 3. The normalized spacial score (nSPS) is 11.6. The number of aromatic nitrogens is 2. The van der Waals surface area contributed by atoms with E-state index in [1.54, 1.807) is 38.0 Å². The van der Waals surface area contributed by atoms with E-state index < -0.39 is 5.97 Å². The van der Waals surface area contributed by atoms with Crippen LogP contribution in [0.4, 0.5) is 10.3 Å². The number of carboxylic acid groups (broad SMARTS) is 1. The van der Waals surface area contributed by atoms with Crippen LogP contribution in [0.25, 0.3) is 20.4 Å². The smallest absolute Gasteiger partial charge is 0.338 e. The first kappa shape index (κ1) is 22.3. The van der Waals surface area contributed by atoms with E-state index in [-0.39, 0.29) is 56.8 Å². The van der Waals surface area contributed by atoms with Gasteiger partial charge in [-0.15, -0.1) is 0 Å². The van der Waals surface area contributed by atoms with Gasteiger partial charge in [0.2, 0.25) is 11.8 Å². The third kappa shape index (κ3) is 4.68. The third-order valence-corrected chi connectivity index (χ3v) is 6.09. The second-order valence-electron chi connectivity index (χ2n) is 6.96. The van der Waals surface area contributed by atoms with Gasteiger partial charge in [-0.1, -0.05) is 34.3 Å². The Bertz CT molecular complexity index is 1080. The van der Waals surface area contributed by atoms with Gasteiger partial charge in [0.15, 0.2) is 10.3 Å². The number of fused-ring (bicyclic) bond motifs is 2. The van der Waals surface area contributed by atoms with Gasteiger partial charge in [-0.2, -0.15) is 0 Å². The molecule has 0 aliphatic rings. The highest BCUT2D eigenvalue weighted by Gasteiger charge is 2.25. The fourth-order valence-electron chi connectivity index (χ4n) is 2.69. The van der Waals surface area contributed by atoms with Crippen LogP contribution in [0.3, 0.4) is 0 Å². The molecule has 0 bridgehead atoms. The Morgan fingerprint density at radius 1 is 0.900 bits per heavy atom. The molecule has 160 valence electrons. The zero-order valence-corrected chi connectivity index (χ0v) is 19.0. The van der Waals surface area contributed by atoms with Gasteiger partial charge >= 0.3 is 5.97 Å². The summed E-state index contributed by atoms with van der Waals surface area (Å²) in [5.74, 6) is -1.73. The lowest BCUT2D eigenvalue weighted by Gasteiger charge is -2.07. The lowest BCUT2D eigenvalue weighted by molar-refractivity contribution is -0.117. The van der Waals surface area contributed by atoms with Crippen LogP contribution in [0.2, 0.25) is 5.02 Å². The summed E-state index contributed by atoms with van der Waals surface area (Å²) >= 11 is 8.53. The average Bonchev–Trinajstić information content (AvgIpc) is 3.17. The van der Waals surface area contributed by atoms with Gasteiger partial charge in [-0.3, -0.25) is 9.59 Å². The van der Waals surface area contributed by atoms with Crippen molar-refractivity contribution >= 4 is 82.8 Å². The number of hydrogen-bond acceptors (Lipinski definition) is 9. The molecule has 0 atom stereocenters. The van der Waals surface area contributed by atoms with Gasteiger partial charge in [0, 0.05) is 0 Å². The molecule has 10 nitrogen and oxygen atoms in total. The van der Waals surface area contributed by atoms with E-state index in [2.05, 4.69) is 20.6 Å². The van der Waals surface area contributed by atoms with E-state index in [9.17, 15) is 19.5 Å². The maximum atomic E-state index is 12.0. The van der Waals surface area contributed by atoms with Crippen LogP contribution < -0.4 is 10.6 Å². The number of nitrogens with zero attached hydrogens (tertiary/aromatic N) is 4. The predicted octanol–water partition coefficient (Wildman–Crippen LogP) is 2.26. The van der Waals surface area contributed by atoms with E-state index in [0.29, 0.717) is 9.40 Å². The van der Waals surface area contributed by atoms with Crippen molar-refractivity contribution in [1.29, 1.82) is 0 Å². The molecule has 0 saturated carbocycles. The predicted molar refractivity (Wildman–Crippen MR) is 119 cm³/mol. The first-order chi connectivity index (χ1) is 14.1. The molecule has 3 N–H and O–H groups in total. The molecule has 2 aromatic heterocycles. The molecule has 0 fully saturated rings. The van der Waals surface area contributed by atoms with Crippen molar-refractivity contribution in [3.8, 4) is 0 Å². The van der Waals surface area contributed by atoms with E-state index in [0.717, 1.165) is 22.7 Å². The maximum Gasteiger partial charge on any atom is 0.338 e. The van der Waals surface area contributed by atoms with Crippen molar-refractivity contribution in [2.24, 2.45) is 0 Å². The van der Waals surface area contributed by atoms with E-state index in [4.69, 9.17) is 11.6 Å². The Labute approximate surface area is 184 Å². The minimum Gasteiger partial charge on any atom is -0.478 e. The van der Waals surface area contributed by atoms with E-state index in [1.165, 1.54) is 0 Å². The molecule has 0 spiro atoms. The fraction of sp³-hybridized carbons (Fsp3) is 0.353. The van der Waals surface area contributed by atoms with Crippen molar-refractivity contribution in [2.45, 2.75) is 0 Å². The van der Waals surface area contributed by atoms with Crippen LogP contribution in [-0.4, -0.2) is 83.9 Å². The molecule has 0 unspecified atom stereocenters. The number of benzene rings is 1. The molecule has 0 aliphatic carbocycles. The third-order valence-electron chi connectivity index (χ3n) is 3.75. The topological polar surface area (TPSA) is 128 Å². The summed E-state index contributed by atoms with van der Waals surface area (Å²) in [6, 6.07) is 0. The van der Waals surface area contributed by atoms with Crippen LogP contribution in [0, 0.1) is 0 Å². The number of nitrogens with one attached hydrogen (secondary N) is 2. The lowest BCUT2D eigenvalue weighted by atomic mass is 10.2. The van der Waals surface area contributed by atoms with Crippen LogP contribution in [0.5, 0.6) is 0 Å². The molecule has 0 radical (unpaired) electrons. The van der Waals surface area contributed by atoms with Crippen molar-refractivity contribution < 1.29 is 19.5 Å². The van der Waals surface area contributed by atoms with Gasteiger partial charge < -0.3 is 25.5 Å². The zero-order chi connectivity index (χ0) is 22.2. The summed E-state index contributed by atoms with van der Waals surface area (Å²) in [4.78, 5) is 48.1. The number of carbonyl (C=O) groups excluding carboxylic acids is 2. The summed E-state index contributed by atoms with van der Waals surface area (Å²) in [7, 11) is 7.02. The number of halogens is 1. The van der Waals surface area contributed by atoms with Gasteiger partial charge in [-0.25, -0.2) is 14.8 Å². The van der Waals surface area contributed by atoms with Gasteiger partial charge in [0.05, 0.1) is 33.1 Å². The Morgan fingerprint density at radius 2 is 1.30 bits per heavy atom. The highest BCUT2D eigenvalue weighted by Crippen LogP contribution is 2.43. The molecule has 0 saturated heterocycles. The quantitative estimate of drug-likeness (QED) is 0.479. The first-order valence-electron chi connectivity index (χ1n) is 8.61. The van der Waals surface area contributed by atoms with Crippen LogP contribution in [0.1, 0.15) is 10.4 Å². The summed E-state index contributed by atoms with van der Waals surface area (Å²) in [6.45, 7) is 0.310. The zero-order valence-electron chi connectivity index (χ0n) is 16.6. The van der Waals surface area contributed by atoms with Gasteiger partial charge in [0.1, 0.15) is 11.0 Å². The largest absolute Gasteiger partial charge is 0.478 e. The maximum absolute atomic E-state index is 12.0. The minimum atomic E-state index is -1.17. The second kappa shape index (κ2) is 8.78. The van der Waals surface area contributed by atoms with E-state index in [1.807, 2.05) is 0 Å². The van der Waals surface area contributed by atoms with Crippen molar-refractivity contribution in [1.82, 2.24) is 19.8 Å². The van der Waals surface area contributed by atoms with Crippen molar-refractivity contribution in [3.63, 3.8) is 0 Å². The molecule has 2 heterocycles. The van der Waals surface area contributed by atoms with Gasteiger partial charge in [-0.05, 0) is 28.2 Å². The van der Waals surface area contributed by atoms with Crippen LogP contribution in [-0.2, 0) is 9.59 Å². The molecule has 30 heavy (non-hydrogen) atoms. The van der Waals surface area contributed by atoms with Gasteiger partial charge in [0.25, 0.3) is 0 Å². The minimum absolute atomic E-state index is 0.0133. The number of anilines is 2. The summed E-state index contributed by atoms with van der Waals surface area (Å²) in [5, 5.41) is 15.8. The van der Waals surface area contributed by atoms with Crippen molar-refractivity contribution in [3.05, 3.63) is 10.6 Å². The molecule has 0 aliphatic heterocycles. The number of hydrogen-bond donors (Lipinski definition) is 3. The summed E-state index contributed by atoms with van der Waals surface area (Å²) in [6.07, 6.45) is 0. The molecule has 1 aromatic carbocycles.